The van der Waals surface area contributed by atoms with E-state index in [9.17, 15) is 14.7 Å². The van der Waals surface area contributed by atoms with Crippen LogP contribution in [-0.2, 0) is 16.0 Å². The Morgan fingerprint density at radius 2 is 2.17 bits per heavy atom. The predicted molar refractivity (Wildman–Crippen MR) is 70.6 cm³/mol. The van der Waals surface area contributed by atoms with Gasteiger partial charge in [-0.3, -0.25) is 4.79 Å². The van der Waals surface area contributed by atoms with Gasteiger partial charge in [-0.05, 0) is 23.8 Å². The first kappa shape index (κ1) is 13.0. The highest BCUT2D eigenvalue weighted by atomic mass is 32.2. The number of rotatable bonds is 3. The summed E-state index contributed by atoms with van der Waals surface area (Å²) in [5.41, 5.74) is 1.77. The fourth-order valence-electron chi connectivity index (χ4n) is 2.31. The normalized spacial score (nSPS) is 18.3. The number of carboxylic acids is 1. The molecule has 1 unspecified atom stereocenters. The van der Waals surface area contributed by atoms with Crippen molar-refractivity contribution in [2.75, 3.05) is 18.6 Å². The lowest BCUT2D eigenvalue weighted by molar-refractivity contribution is -0.150. The van der Waals surface area contributed by atoms with Gasteiger partial charge in [0.1, 0.15) is 0 Å². The molecular formula is C13H15NO3S. The molecule has 0 saturated heterocycles. The van der Waals surface area contributed by atoms with Gasteiger partial charge in [-0.25, -0.2) is 4.79 Å². The number of thioether (sulfide) groups is 1. The van der Waals surface area contributed by atoms with E-state index in [0.29, 0.717) is 12.3 Å². The Morgan fingerprint density at radius 3 is 2.83 bits per heavy atom. The van der Waals surface area contributed by atoms with Crippen molar-refractivity contribution in [1.82, 2.24) is 4.90 Å². The minimum absolute atomic E-state index is 0.107. The van der Waals surface area contributed by atoms with Crippen molar-refractivity contribution in [2.24, 2.45) is 0 Å². The first-order chi connectivity index (χ1) is 8.65. The molecule has 4 nitrogen and oxygen atoms in total. The molecule has 1 aliphatic heterocycles. The summed E-state index contributed by atoms with van der Waals surface area (Å²) >= 11 is 1.41. The zero-order valence-electron chi connectivity index (χ0n) is 10.1. The molecule has 0 aliphatic carbocycles. The van der Waals surface area contributed by atoms with Gasteiger partial charge < -0.3 is 10.0 Å². The molecule has 0 fully saturated rings. The second-order valence-corrected chi connectivity index (χ2v) is 5.08. The first-order valence-electron chi connectivity index (χ1n) is 5.74. The number of nitrogens with zero attached hydrogens (tertiary/aromatic N) is 1. The maximum absolute atomic E-state index is 12.0. The summed E-state index contributed by atoms with van der Waals surface area (Å²) in [4.78, 5) is 24.9. The Morgan fingerprint density at radius 1 is 1.44 bits per heavy atom. The van der Waals surface area contributed by atoms with Crippen LogP contribution >= 0.6 is 11.8 Å². The van der Waals surface area contributed by atoms with Crippen LogP contribution in [0, 0.1) is 0 Å². The van der Waals surface area contributed by atoms with Gasteiger partial charge in [-0.2, -0.15) is 11.8 Å². The molecular weight excluding hydrogens is 250 g/mol. The number of carbonyl (C=O) groups is 2. The second-order valence-electron chi connectivity index (χ2n) is 4.21. The van der Waals surface area contributed by atoms with Crippen molar-refractivity contribution in [3.05, 3.63) is 35.4 Å². The van der Waals surface area contributed by atoms with E-state index in [1.807, 2.05) is 24.5 Å². The summed E-state index contributed by atoms with van der Waals surface area (Å²) in [6, 6.07) is 6.61. The van der Waals surface area contributed by atoms with Crippen LogP contribution in [0.1, 0.15) is 17.2 Å². The van der Waals surface area contributed by atoms with Crippen LogP contribution in [0.15, 0.2) is 24.3 Å². The van der Waals surface area contributed by atoms with Crippen LogP contribution in [0.4, 0.5) is 0 Å². The van der Waals surface area contributed by atoms with Gasteiger partial charge in [-0.15, -0.1) is 0 Å². The summed E-state index contributed by atoms with van der Waals surface area (Å²) in [7, 11) is 0. The number of aliphatic carboxylic acids is 1. The van der Waals surface area contributed by atoms with Crippen molar-refractivity contribution in [3.8, 4) is 0 Å². The van der Waals surface area contributed by atoms with Crippen molar-refractivity contribution in [3.63, 3.8) is 0 Å². The Bertz CT molecular complexity index is 475. The highest BCUT2D eigenvalue weighted by Crippen LogP contribution is 2.30. The van der Waals surface area contributed by atoms with E-state index in [-0.39, 0.29) is 5.91 Å². The van der Waals surface area contributed by atoms with Crippen LogP contribution in [0.5, 0.6) is 0 Å². The summed E-state index contributed by atoms with van der Waals surface area (Å²) in [5.74, 6) is -0.743. The van der Waals surface area contributed by atoms with Gasteiger partial charge in [0, 0.05) is 6.54 Å². The van der Waals surface area contributed by atoms with Gasteiger partial charge in [0.15, 0.2) is 6.04 Å². The Balaban J connectivity index is 2.35. The fourth-order valence-corrected chi connectivity index (χ4v) is 2.72. The smallest absolute Gasteiger partial charge is 0.331 e. The second kappa shape index (κ2) is 5.44. The van der Waals surface area contributed by atoms with E-state index < -0.39 is 12.0 Å². The summed E-state index contributed by atoms with van der Waals surface area (Å²) in [6.45, 7) is 0.480. The van der Waals surface area contributed by atoms with Crippen LogP contribution in [0.3, 0.4) is 0 Å². The number of hydrogen-bond acceptors (Lipinski definition) is 3. The number of carbonyl (C=O) groups excluding carboxylic acids is 1. The van der Waals surface area contributed by atoms with Crippen LogP contribution in [0.25, 0.3) is 0 Å². The molecule has 96 valence electrons. The third-order valence-electron chi connectivity index (χ3n) is 3.11. The average molecular weight is 265 g/mol. The quantitative estimate of drug-likeness (QED) is 0.901. The molecule has 2 rings (SSSR count). The van der Waals surface area contributed by atoms with E-state index in [1.54, 1.807) is 6.07 Å². The number of carboxylic acid groups (broad SMARTS) is 1. The minimum Gasteiger partial charge on any atom is -0.479 e. The van der Waals surface area contributed by atoms with Crippen molar-refractivity contribution >= 4 is 23.6 Å². The lowest BCUT2D eigenvalue weighted by Gasteiger charge is -2.34. The van der Waals surface area contributed by atoms with Crippen molar-refractivity contribution in [1.29, 1.82) is 0 Å². The molecule has 0 radical (unpaired) electrons. The summed E-state index contributed by atoms with van der Waals surface area (Å²) in [5, 5.41) is 9.37. The van der Waals surface area contributed by atoms with Gasteiger partial charge in [0.25, 0.3) is 0 Å². The zero-order chi connectivity index (χ0) is 13.1. The van der Waals surface area contributed by atoms with E-state index >= 15 is 0 Å². The molecule has 1 amide bonds. The highest BCUT2D eigenvalue weighted by molar-refractivity contribution is 7.99. The average Bonchev–Trinajstić information content (AvgIpc) is 2.37. The lowest BCUT2D eigenvalue weighted by Crippen LogP contribution is -2.44. The van der Waals surface area contributed by atoms with Gasteiger partial charge in [0.05, 0.1) is 5.75 Å². The zero-order valence-corrected chi connectivity index (χ0v) is 10.9. The SMILES string of the molecule is CSCC(=O)N1CCc2ccccc2C1C(=O)O. The van der Waals surface area contributed by atoms with Gasteiger partial charge in [-0.1, -0.05) is 24.3 Å². The molecule has 1 heterocycles. The molecule has 1 atom stereocenters. The van der Waals surface area contributed by atoms with Gasteiger partial charge >= 0.3 is 5.97 Å². The molecule has 18 heavy (non-hydrogen) atoms. The minimum atomic E-state index is -0.961. The molecule has 5 heteroatoms. The molecule has 0 saturated carbocycles. The third-order valence-corrected chi connectivity index (χ3v) is 3.64. The monoisotopic (exact) mass is 265 g/mol. The Labute approximate surface area is 110 Å². The standard InChI is InChI=1S/C13H15NO3S/c1-18-8-11(15)14-7-6-9-4-2-3-5-10(9)12(14)13(16)17/h2-5,12H,6-8H2,1H3,(H,16,17). The van der Waals surface area contributed by atoms with E-state index in [0.717, 1.165) is 17.5 Å². The van der Waals surface area contributed by atoms with E-state index in [2.05, 4.69) is 0 Å². The number of benzene rings is 1. The van der Waals surface area contributed by atoms with Crippen LogP contribution in [0.2, 0.25) is 0 Å². The Hall–Kier alpha value is -1.49. The third kappa shape index (κ3) is 2.36. The van der Waals surface area contributed by atoms with E-state index in [1.165, 1.54) is 16.7 Å². The molecule has 0 bridgehead atoms. The van der Waals surface area contributed by atoms with Crippen molar-refractivity contribution in [2.45, 2.75) is 12.5 Å². The number of amides is 1. The van der Waals surface area contributed by atoms with Crippen LogP contribution in [-0.4, -0.2) is 40.4 Å². The molecule has 1 aliphatic rings. The molecule has 1 aromatic carbocycles. The molecule has 1 aromatic rings. The summed E-state index contributed by atoms with van der Waals surface area (Å²) in [6.07, 6.45) is 2.56. The highest BCUT2D eigenvalue weighted by Gasteiger charge is 2.35. The fraction of sp³-hybridized carbons (Fsp3) is 0.385. The topological polar surface area (TPSA) is 57.6 Å². The van der Waals surface area contributed by atoms with Gasteiger partial charge in [0.2, 0.25) is 5.91 Å². The molecule has 1 N–H and O–H groups in total. The Kier molecular flexibility index (Phi) is 3.91. The lowest BCUT2D eigenvalue weighted by atomic mass is 9.92. The maximum atomic E-state index is 12.0. The largest absolute Gasteiger partial charge is 0.479 e. The van der Waals surface area contributed by atoms with Crippen molar-refractivity contribution < 1.29 is 14.7 Å². The summed E-state index contributed by atoms with van der Waals surface area (Å²) < 4.78 is 0. The van der Waals surface area contributed by atoms with E-state index in [4.69, 9.17) is 0 Å². The van der Waals surface area contributed by atoms with Crippen LogP contribution < -0.4 is 0 Å². The number of hydrogen-bond donors (Lipinski definition) is 1. The molecule has 0 aromatic heterocycles. The maximum Gasteiger partial charge on any atom is 0.331 e. The molecule has 0 spiro atoms. The predicted octanol–water partition coefficient (Wildman–Crippen LogP) is 1.56. The first-order valence-corrected chi connectivity index (χ1v) is 7.13. The number of fused-ring (bicyclic) bond motifs is 1.